The van der Waals surface area contributed by atoms with Gasteiger partial charge in [-0.1, -0.05) is 55.5 Å². The summed E-state index contributed by atoms with van der Waals surface area (Å²) in [7, 11) is 0. The molecule has 26 heavy (non-hydrogen) atoms. The van der Waals surface area contributed by atoms with Crippen molar-refractivity contribution in [2.45, 2.75) is 32.5 Å². The molecule has 5 nitrogen and oxygen atoms in total. The molecule has 0 bridgehead atoms. The molecule has 0 amide bonds. The van der Waals surface area contributed by atoms with Crippen LogP contribution >= 0.6 is 11.5 Å². The first-order valence-electron chi connectivity index (χ1n) is 8.74. The molecule has 0 spiro atoms. The third-order valence-electron chi connectivity index (χ3n) is 4.10. The van der Waals surface area contributed by atoms with Crippen LogP contribution in [0, 0.1) is 5.92 Å². The van der Waals surface area contributed by atoms with E-state index in [0.717, 1.165) is 23.2 Å². The van der Waals surface area contributed by atoms with Crippen LogP contribution in [-0.4, -0.2) is 15.4 Å². The fourth-order valence-electron chi connectivity index (χ4n) is 2.42. The van der Waals surface area contributed by atoms with Crippen LogP contribution in [0.25, 0.3) is 0 Å². The zero-order chi connectivity index (χ0) is 18.2. The fraction of sp³-hybridized carbons (Fsp3) is 0.300. The van der Waals surface area contributed by atoms with Crippen LogP contribution in [0.3, 0.4) is 0 Å². The van der Waals surface area contributed by atoms with Crippen molar-refractivity contribution in [3.63, 3.8) is 0 Å². The lowest BCUT2D eigenvalue weighted by atomic mass is 10.2. The number of hydrogen-bond acceptors (Lipinski definition) is 6. The Morgan fingerprint density at radius 1 is 1.12 bits per heavy atom. The molecule has 2 atom stereocenters. The van der Waals surface area contributed by atoms with Crippen LogP contribution in [-0.2, 0) is 13.2 Å². The zero-order valence-electron chi connectivity index (χ0n) is 14.8. The van der Waals surface area contributed by atoms with Crippen LogP contribution in [0.5, 0.6) is 5.75 Å². The van der Waals surface area contributed by atoms with Crippen molar-refractivity contribution in [3.8, 4) is 5.75 Å². The highest BCUT2D eigenvalue weighted by molar-refractivity contribution is 7.05. The Morgan fingerprint density at radius 2 is 1.77 bits per heavy atom. The van der Waals surface area contributed by atoms with Gasteiger partial charge in [-0.05, 0) is 41.6 Å². The third kappa shape index (κ3) is 6.13. The molecule has 3 aromatic rings. The third-order valence-corrected chi connectivity index (χ3v) is 4.83. The molecule has 1 aliphatic rings. The monoisotopic (exact) mass is 368 g/mol. The molecule has 0 saturated heterocycles. The molecule has 1 fully saturated rings. The number of para-hydroxylation sites is 1. The minimum Gasteiger partial charge on any atom is -0.489 e. The number of benzene rings is 2. The van der Waals surface area contributed by atoms with Gasteiger partial charge < -0.3 is 15.8 Å². The first-order valence-corrected chi connectivity index (χ1v) is 9.51. The van der Waals surface area contributed by atoms with Crippen LogP contribution in [0.1, 0.15) is 23.9 Å². The van der Waals surface area contributed by atoms with E-state index < -0.39 is 0 Å². The molecule has 1 saturated carbocycles. The van der Waals surface area contributed by atoms with Crippen molar-refractivity contribution < 1.29 is 4.74 Å². The van der Waals surface area contributed by atoms with Crippen LogP contribution in [0.15, 0.2) is 60.7 Å². The van der Waals surface area contributed by atoms with Crippen LogP contribution in [0.4, 0.5) is 5.95 Å². The SMILES string of the molecule is CC1C[C@@H]1NCc1nc(N)ns1.c1ccc(COc2ccccc2)cc1. The maximum absolute atomic E-state index is 5.59. The summed E-state index contributed by atoms with van der Waals surface area (Å²) in [5.74, 6) is 2.13. The summed E-state index contributed by atoms with van der Waals surface area (Å²) in [4.78, 5) is 4.06. The average Bonchev–Trinajstić information content (AvgIpc) is 3.23. The van der Waals surface area contributed by atoms with E-state index in [4.69, 9.17) is 10.5 Å². The van der Waals surface area contributed by atoms with Gasteiger partial charge in [-0.2, -0.15) is 4.37 Å². The second kappa shape index (κ2) is 9.31. The molecule has 1 heterocycles. The lowest BCUT2D eigenvalue weighted by Gasteiger charge is -2.05. The van der Waals surface area contributed by atoms with Crippen LogP contribution < -0.4 is 15.8 Å². The van der Waals surface area contributed by atoms with E-state index in [1.807, 2.05) is 48.5 Å². The summed E-state index contributed by atoms with van der Waals surface area (Å²) < 4.78 is 9.49. The van der Waals surface area contributed by atoms with Crippen molar-refractivity contribution in [3.05, 3.63) is 71.2 Å². The van der Waals surface area contributed by atoms with E-state index in [1.54, 1.807) is 0 Å². The Kier molecular flexibility index (Phi) is 6.57. The van der Waals surface area contributed by atoms with Crippen LogP contribution in [0.2, 0.25) is 0 Å². The number of anilines is 1. The average molecular weight is 369 g/mol. The van der Waals surface area contributed by atoms with Gasteiger partial charge in [0.1, 0.15) is 17.4 Å². The lowest BCUT2D eigenvalue weighted by molar-refractivity contribution is 0.306. The molecule has 2 aromatic carbocycles. The second-order valence-corrected chi connectivity index (χ2v) is 7.17. The van der Waals surface area contributed by atoms with Gasteiger partial charge in [-0.25, -0.2) is 4.98 Å². The number of ether oxygens (including phenoxy) is 1. The van der Waals surface area contributed by atoms with Gasteiger partial charge in [-0.15, -0.1) is 0 Å². The molecule has 4 rings (SSSR count). The predicted molar refractivity (Wildman–Crippen MR) is 106 cm³/mol. The second-order valence-electron chi connectivity index (χ2n) is 6.33. The topological polar surface area (TPSA) is 73.1 Å². The first-order chi connectivity index (χ1) is 12.7. The summed E-state index contributed by atoms with van der Waals surface area (Å²) in [6.45, 7) is 3.68. The molecule has 6 heteroatoms. The molecule has 1 unspecified atom stereocenters. The van der Waals surface area contributed by atoms with Gasteiger partial charge in [0.15, 0.2) is 0 Å². The number of hydrogen-bond donors (Lipinski definition) is 2. The van der Waals surface area contributed by atoms with Crippen molar-refractivity contribution in [2.24, 2.45) is 5.92 Å². The highest BCUT2D eigenvalue weighted by Gasteiger charge is 2.31. The lowest BCUT2D eigenvalue weighted by Crippen LogP contribution is -2.16. The Morgan fingerprint density at radius 3 is 2.35 bits per heavy atom. The number of aromatic nitrogens is 2. The van der Waals surface area contributed by atoms with E-state index in [1.165, 1.54) is 23.5 Å². The standard InChI is InChI=1S/C13H12O.C7H12N4S/c1-3-7-12(8-4-1)11-14-13-9-5-2-6-10-13;1-4-2-5(4)9-3-6-10-7(8)11-12-6/h1-10H,11H2;4-5,9H,2-3H2,1H3,(H2,8,11)/t;4?,5-/m.0/s1. The zero-order valence-corrected chi connectivity index (χ0v) is 15.7. The summed E-state index contributed by atoms with van der Waals surface area (Å²) in [5, 5.41) is 4.37. The van der Waals surface area contributed by atoms with Gasteiger partial charge in [0, 0.05) is 12.6 Å². The number of nitrogen functional groups attached to an aromatic ring is 1. The van der Waals surface area contributed by atoms with Crippen molar-refractivity contribution >= 4 is 17.5 Å². The molecule has 0 radical (unpaired) electrons. The van der Waals surface area contributed by atoms with Crippen molar-refractivity contribution in [2.75, 3.05) is 5.73 Å². The predicted octanol–water partition coefficient (Wildman–Crippen LogP) is 3.88. The molecule has 1 aliphatic carbocycles. The minimum absolute atomic E-state index is 0.389. The summed E-state index contributed by atoms with van der Waals surface area (Å²) in [6.07, 6.45) is 1.29. The maximum atomic E-state index is 5.59. The number of nitrogens with one attached hydrogen (secondary N) is 1. The quantitative estimate of drug-likeness (QED) is 0.691. The first kappa shape index (κ1) is 18.4. The van der Waals surface area contributed by atoms with E-state index in [2.05, 4.69) is 33.7 Å². The van der Waals surface area contributed by atoms with Gasteiger partial charge >= 0.3 is 0 Å². The number of rotatable bonds is 6. The normalized spacial score (nSPS) is 17.9. The molecular formula is C20H24N4OS. The molecular weight excluding hydrogens is 344 g/mol. The van der Waals surface area contributed by atoms with E-state index in [9.17, 15) is 0 Å². The molecule has 1 aromatic heterocycles. The van der Waals surface area contributed by atoms with Crippen molar-refractivity contribution in [1.82, 2.24) is 14.7 Å². The fourth-order valence-corrected chi connectivity index (χ4v) is 2.94. The maximum Gasteiger partial charge on any atom is 0.232 e. The molecule has 136 valence electrons. The van der Waals surface area contributed by atoms with Gasteiger partial charge in [0.2, 0.25) is 5.95 Å². The summed E-state index contributed by atoms with van der Waals surface area (Å²) in [6, 6.07) is 20.7. The van der Waals surface area contributed by atoms with E-state index in [-0.39, 0.29) is 0 Å². The Hall–Kier alpha value is -2.44. The van der Waals surface area contributed by atoms with Gasteiger partial charge in [0.25, 0.3) is 0 Å². The van der Waals surface area contributed by atoms with E-state index in [0.29, 0.717) is 18.6 Å². The smallest absolute Gasteiger partial charge is 0.232 e. The highest BCUT2D eigenvalue weighted by Crippen LogP contribution is 2.29. The highest BCUT2D eigenvalue weighted by atomic mass is 32.1. The molecule has 0 aliphatic heterocycles. The number of nitrogens with two attached hydrogens (primary N) is 1. The molecule has 3 N–H and O–H groups in total. The Bertz CT molecular complexity index is 739. The summed E-state index contributed by atoms with van der Waals surface area (Å²) in [5.41, 5.74) is 6.58. The number of nitrogens with zero attached hydrogens (tertiary/aromatic N) is 2. The van der Waals surface area contributed by atoms with Gasteiger partial charge in [-0.3, -0.25) is 0 Å². The largest absolute Gasteiger partial charge is 0.489 e. The van der Waals surface area contributed by atoms with Crippen molar-refractivity contribution in [1.29, 1.82) is 0 Å². The van der Waals surface area contributed by atoms with Gasteiger partial charge in [0.05, 0.1) is 0 Å². The van der Waals surface area contributed by atoms with E-state index >= 15 is 0 Å². The minimum atomic E-state index is 0.389. The Labute approximate surface area is 158 Å². The Balaban J connectivity index is 0.000000152. The summed E-state index contributed by atoms with van der Waals surface area (Å²) >= 11 is 1.37.